The zero-order chi connectivity index (χ0) is 11.5. The maximum Gasteiger partial charge on any atom is 0.127 e. The van der Waals surface area contributed by atoms with Crippen molar-refractivity contribution < 1.29 is 4.21 Å². The largest absolute Gasteiger partial charge is 0.372 e. The Morgan fingerprint density at radius 3 is 2.88 bits per heavy atom. The number of nitrogens with one attached hydrogen (secondary N) is 1. The van der Waals surface area contributed by atoms with Gasteiger partial charge in [-0.15, -0.1) is 0 Å². The summed E-state index contributed by atoms with van der Waals surface area (Å²) in [5.74, 6) is 1.52. The summed E-state index contributed by atoms with van der Waals surface area (Å²) in [5.41, 5.74) is 1.44. The summed E-state index contributed by atoms with van der Waals surface area (Å²) in [4.78, 5) is 0. The van der Waals surface area contributed by atoms with Gasteiger partial charge in [0.1, 0.15) is 16.6 Å². The van der Waals surface area contributed by atoms with Crippen molar-refractivity contribution in [3.63, 3.8) is 0 Å². The molecule has 4 nitrogen and oxygen atoms in total. The molecule has 1 fully saturated rings. The van der Waals surface area contributed by atoms with Crippen LogP contribution >= 0.6 is 11.5 Å². The minimum atomic E-state index is -0.638. The number of hydrogen-bond donors (Lipinski definition) is 1. The molecule has 1 aromatic rings. The molecule has 16 heavy (non-hydrogen) atoms. The van der Waals surface area contributed by atoms with E-state index in [4.69, 9.17) is 5.26 Å². The summed E-state index contributed by atoms with van der Waals surface area (Å²) >= 11 is 1.34. The molecule has 1 aromatic heterocycles. The molecule has 0 saturated carbocycles. The number of nitriles is 1. The molecular formula is C10H13N3OS2. The Hall–Kier alpha value is -0.930. The first-order valence-electron chi connectivity index (χ1n) is 5.18. The molecule has 0 unspecified atom stereocenters. The minimum Gasteiger partial charge on any atom is -0.372 e. The molecule has 86 valence electrons. The van der Waals surface area contributed by atoms with Crippen molar-refractivity contribution >= 4 is 27.3 Å². The quantitative estimate of drug-likeness (QED) is 0.872. The van der Waals surface area contributed by atoms with Gasteiger partial charge in [0.2, 0.25) is 0 Å². The van der Waals surface area contributed by atoms with Gasteiger partial charge in [0.25, 0.3) is 0 Å². The van der Waals surface area contributed by atoms with E-state index in [0.29, 0.717) is 11.6 Å². The van der Waals surface area contributed by atoms with Crippen LogP contribution in [-0.4, -0.2) is 26.1 Å². The molecular weight excluding hydrogens is 242 g/mol. The molecule has 0 aliphatic carbocycles. The Morgan fingerprint density at radius 2 is 2.25 bits per heavy atom. The maximum atomic E-state index is 11.2. The van der Waals surface area contributed by atoms with Gasteiger partial charge < -0.3 is 5.32 Å². The van der Waals surface area contributed by atoms with E-state index in [-0.39, 0.29) is 0 Å². The van der Waals surface area contributed by atoms with E-state index in [1.54, 1.807) is 0 Å². The topological polar surface area (TPSA) is 65.8 Å². The predicted molar refractivity (Wildman–Crippen MR) is 66.1 cm³/mol. The second-order valence-electron chi connectivity index (χ2n) is 3.85. The zero-order valence-electron chi connectivity index (χ0n) is 9.02. The van der Waals surface area contributed by atoms with Gasteiger partial charge in [-0.2, -0.15) is 9.64 Å². The first-order chi connectivity index (χ1) is 7.70. The third-order valence-corrected chi connectivity index (χ3v) is 4.95. The van der Waals surface area contributed by atoms with Crippen LogP contribution in [0.3, 0.4) is 0 Å². The lowest BCUT2D eigenvalue weighted by Crippen LogP contribution is -2.29. The third kappa shape index (κ3) is 2.42. The molecule has 0 spiro atoms. The van der Waals surface area contributed by atoms with E-state index < -0.39 is 10.8 Å². The summed E-state index contributed by atoms with van der Waals surface area (Å²) in [5, 5.41) is 13.2. The van der Waals surface area contributed by atoms with Crippen molar-refractivity contribution in [3.8, 4) is 6.07 Å². The van der Waals surface area contributed by atoms with Crippen molar-refractivity contribution in [2.24, 2.45) is 0 Å². The van der Waals surface area contributed by atoms with E-state index in [1.165, 1.54) is 11.5 Å². The van der Waals surface area contributed by atoms with Gasteiger partial charge in [-0.05, 0) is 31.3 Å². The van der Waals surface area contributed by atoms with Gasteiger partial charge in [-0.25, -0.2) is 0 Å². The van der Waals surface area contributed by atoms with Crippen molar-refractivity contribution in [2.45, 2.75) is 25.8 Å². The van der Waals surface area contributed by atoms with Gasteiger partial charge in [0.05, 0.1) is 5.69 Å². The fourth-order valence-electron chi connectivity index (χ4n) is 1.72. The fourth-order valence-corrected chi connectivity index (χ4v) is 3.85. The van der Waals surface area contributed by atoms with Crippen LogP contribution in [-0.2, 0) is 10.8 Å². The van der Waals surface area contributed by atoms with Crippen LogP contribution in [0.15, 0.2) is 0 Å². The summed E-state index contributed by atoms with van der Waals surface area (Å²) in [6.45, 7) is 1.84. The Labute approximate surface area is 101 Å². The number of hydrogen-bond acceptors (Lipinski definition) is 5. The Balaban J connectivity index is 2.04. The number of anilines is 1. The van der Waals surface area contributed by atoms with Crippen LogP contribution in [0.2, 0.25) is 0 Å². The van der Waals surface area contributed by atoms with Crippen molar-refractivity contribution in [3.05, 3.63) is 11.3 Å². The van der Waals surface area contributed by atoms with Gasteiger partial charge in [-0.3, -0.25) is 4.21 Å². The minimum absolute atomic E-state index is 0.338. The summed E-state index contributed by atoms with van der Waals surface area (Å²) < 4.78 is 15.4. The molecule has 0 bridgehead atoms. The second-order valence-corrected chi connectivity index (χ2v) is 6.32. The molecule has 0 radical (unpaired) electrons. The number of rotatable bonds is 2. The lowest BCUT2D eigenvalue weighted by atomic mass is 10.1. The second kappa shape index (κ2) is 4.93. The highest BCUT2D eigenvalue weighted by Crippen LogP contribution is 2.26. The van der Waals surface area contributed by atoms with Crippen molar-refractivity contribution in [2.75, 3.05) is 16.8 Å². The van der Waals surface area contributed by atoms with Gasteiger partial charge in [0, 0.05) is 28.3 Å². The van der Waals surface area contributed by atoms with E-state index in [2.05, 4.69) is 15.8 Å². The summed E-state index contributed by atoms with van der Waals surface area (Å²) in [7, 11) is -0.638. The van der Waals surface area contributed by atoms with E-state index in [9.17, 15) is 4.21 Å². The molecule has 2 rings (SSSR count). The number of aromatic nitrogens is 1. The third-order valence-electron chi connectivity index (χ3n) is 2.70. The first kappa shape index (κ1) is 11.6. The predicted octanol–water partition coefficient (Wildman–Crippen LogP) is 1.65. The van der Waals surface area contributed by atoms with Crippen LogP contribution < -0.4 is 5.32 Å². The average molecular weight is 255 g/mol. The molecule has 1 aliphatic rings. The van der Waals surface area contributed by atoms with Crippen LogP contribution in [0.4, 0.5) is 5.00 Å². The Kier molecular flexibility index (Phi) is 3.56. The average Bonchev–Trinajstić information content (AvgIpc) is 2.63. The maximum absolute atomic E-state index is 11.2. The van der Waals surface area contributed by atoms with E-state index >= 15 is 0 Å². The van der Waals surface area contributed by atoms with E-state index in [1.807, 2.05) is 6.92 Å². The van der Waals surface area contributed by atoms with Gasteiger partial charge in [0.15, 0.2) is 0 Å². The molecule has 0 atom stereocenters. The standard InChI is InChI=1S/C10H13N3OS2/c1-7-9(6-11)10(15-13-7)12-8-2-4-16(14)5-3-8/h8,12H,2-5H2,1H3. The molecule has 0 aromatic carbocycles. The first-order valence-corrected chi connectivity index (χ1v) is 7.44. The van der Waals surface area contributed by atoms with Crippen LogP contribution in [0.25, 0.3) is 0 Å². The highest BCUT2D eigenvalue weighted by atomic mass is 32.2. The van der Waals surface area contributed by atoms with Gasteiger partial charge in [-0.1, -0.05) is 0 Å². The lowest BCUT2D eigenvalue weighted by molar-refractivity contribution is 0.625. The van der Waals surface area contributed by atoms with Crippen LogP contribution in [0.1, 0.15) is 24.1 Å². The van der Waals surface area contributed by atoms with Crippen molar-refractivity contribution in [1.29, 1.82) is 5.26 Å². The normalized spacial score (nSPS) is 25.0. The molecule has 1 aliphatic heterocycles. The number of aryl methyl sites for hydroxylation is 1. The molecule has 1 saturated heterocycles. The van der Waals surface area contributed by atoms with Crippen molar-refractivity contribution in [1.82, 2.24) is 4.37 Å². The molecule has 0 amide bonds. The van der Waals surface area contributed by atoms with Gasteiger partial charge >= 0.3 is 0 Å². The fraction of sp³-hybridized carbons (Fsp3) is 0.600. The Bertz CT molecular complexity index is 439. The highest BCUT2D eigenvalue weighted by Gasteiger charge is 2.20. The highest BCUT2D eigenvalue weighted by molar-refractivity contribution is 7.85. The number of nitrogens with zero attached hydrogens (tertiary/aromatic N) is 2. The lowest BCUT2D eigenvalue weighted by Gasteiger charge is -2.22. The zero-order valence-corrected chi connectivity index (χ0v) is 10.7. The Morgan fingerprint density at radius 1 is 1.56 bits per heavy atom. The summed E-state index contributed by atoms with van der Waals surface area (Å²) in [6, 6.07) is 2.51. The smallest absolute Gasteiger partial charge is 0.127 e. The molecule has 1 N–H and O–H groups in total. The van der Waals surface area contributed by atoms with Crippen LogP contribution in [0.5, 0.6) is 0 Å². The monoisotopic (exact) mass is 255 g/mol. The summed E-state index contributed by atoms with van der Waals surface area (Å²) in [6.07, 6.45) is 1.82. The molecule has 6 heteroatoms. The van der Waals surface area contributed by atoms with E-state index in [0.717, 1.165) is 35.0 Å². The van der Waals surface area contributed by atoms with Crippen LogP contribution in [0, 0.1) is 18.3 Å². The SMILES string of the molecule is Cc1nsc(NC2CCS(=O)CC2)c1C#N. The molecule has 2 heterocycles.